The van der Waals surface area contributed by atoms with Crippen molar-refractivity contribution in [2.75, 3.05) is 26.7 Å². The van der Waals surface area contributed by atoms with Crippen LogP contribution in [0.3, 0.4) is 0 Å². The quantitative estimate of drug-likeness (QED) is 0.740. The van der Waals surface area contributed by atoms with Crippen LogP contribution in [0, 0.1) is 5.82 Å². The standard InChI is InChI=1S/C14H23FN2O/c1-3-16-14(8-9-18)11-17(2)10-12-4-6-13(15)7-5-12/h4-7,14,16,18H,3,8-11H2,1-2H3. The molecule has 1 atom stereocenters. The van der Waals surface area contributed by atoms with E-state index < -0.39 is 0 Å². The Morgan fingerprint density at radius 1 is 1.33 bits per heavy atom. The Bertz CT molecular complexity index is 323. The van der Waals surface area contributed by atoms with Crippen LogP contribution in [0.15, 0.2) is 24.3 Å². The Hall–Kier alpha value is -0.970. The minimum absolute atomic E-state index is 0.196. The highest BCUT2D eigenvalue weighted by Crippen LogP contribution is 2.06. The van der Waals surface area contributed by atoms with E-state index in [4.69, 9.17) is 5.11 Å². The smallest absolute Gasteiger partial charge is 0.123 e. The zero-order chi connectivity index (χ0) is 13.4. The maximum Gasteiger partial charge on any atom is 0.123 e. The highest BCUT2D eigenvalue weighted by atomic mass is 19.1. The maximum absolute atomic E-state index is 12.8. The third-order valence-electron chi connectivity index (χ3n) is 2.87. The van der Waals surface area contributed by atoms with Crippen molar-refractivity contribution < 1.29 is 9.50 Å². The Morgan fingerprint density at radius 2 is 2.00 bits per heavy atom. The number of likely N-dealkylation sites (N-methyl/N-ethyl adjacent to an activating group) is 2. The van der Waals surface area contributed by atoms with Gasteiger partial charge in [0.15, 0.2) is 0 Å². The van der Waals surface area contributed by atoms with Crippen LogP contribution in [0.2, 0.25) is 0 Å². The van der Waals surface area contributed by atoms with E-state index >= 15 is 0 Å². The Labute approximate surface area is 109 Å². The van der Waals surface area contributed by atoms with Crippen molar-refractivity contribution in [2.24, 2.45) is 0 Å². The molecule has 1 aromatic rings. The first kappa shape index (κ1) is 15.1. The van der Waals surface area contributed by atoms with Crippen LogP contribution in [0.5, 0.6) is 0 Å². The van der Waals surface area contributed by atoms with Gasteiger partial charge in [-0.3, -0.25) is 0 Å². The van der Waals surface area contributed by atoms with Crippen LogP contribution >= 0.6 is 0 Å². The van der Waals surface area contributed by atoms with Crippen LogP contribution in [-0.4, -0.2) is 42.8 Å². The van der Waals surface area contributed by atoms with E-state index in [2.05, 4.69) is 17.1 Å². The van der Waals surface area contributed by atoms with Gasteiger partial charge < -0.3 is 15.3 Å². The number of nitrogens with one attached hydrogen (secondary N) is 1. The van der Waals surface area contributed by atoms with Crippen molar-refractivity contribution in [3.05, 3.63) is 35.6 Å². The molecule has 1 rings (SSSR count). The monoisotopic (exact) mass is 254 g/mol. The number of halogens is 1. The molecule has 0 bridgehead atoms. The molecule has 0 amide bonds. The van der Waals surface area contributed by atoms with Gasteiger partial charge in [0.1, 0.15) is 5.82 Å². The second-order valence-electron chi connectivity index (χ2n) is 4.59. The van der Waals surface area contributed by atoms with Gasteiger partial charge in [-0.2, -0.15) is 0 Å². The van der Waals surface area contributed by atoms with Gasteiger partial charge >= 0.3 is 0 Å². The van der Waals surface area contributed by atoms with Crippen molar-refractivity contribution in [1.29, 1.82) is 0 Å². The molecule has 2 N–H and O–H groups in total. The van der Waals surface area contributed by atoms with Gasteiger partial charge in [0.05, 0.1) is 0 Å². The van der Waals surface area contributed by atoms with Crippen molar-refractivity contribution in [2.45, 2.75) is 25.9 Å². The lowest BCUT2D eigenvalue weighted by Crippen LogP contribution is -2.39. The molecule has 0 radical (unpaired) electrons. The molecule has 0 heterocycles. The molecule has 0 saturated heterocycles. The van der Waals surface area contributed by atoms with Crippen LogP contribution < -0.4 is 5.32 Å². The number of nitrogens with zero attached hydrogens (tertiary/aromatic N) is 1. The van der Waals surface area contributed by atoms with E-state index in [0.717, 1.165) is 31.6 Å². The highest BCUT2D eigenvalue weighted by Gasteiger charge is 2.10. The number of benzene rings is 1. The molecule has 0 spiro atoms. The first-order chi connectivity index (χ1) is 8.65. The summed E-state index contributed by atoms with van der Waals surface area (Å²) in [4.78, 5) is 2.18. The third-order valence-corrected chi connectivity index (χ3v) is 2.87. The van der Waals surface area contributed by atoms with E-state index in [0.29, 0.717) is 6.04 Å². The van der Waals surface area contributed by atoms with Gasteiger partial charge in [0.25, 0.3) is 0 Å². The molecule has 3 nitrogen and oxygen atoms in total. The second kappa shape index (κ2) is 8.19. The van der Waals surface area contributed by atoms with Gasteiger partial charge in [-0.15, -0.1) is 0 Å². The molecule has 0 fully saturated rings. The number of hydrogen-bond donors (Lipinski definition) is 2. The van der Waals surface area contributed by atoms with Crippen molar-refractivity contribution in [3.63, 3.8) is 0 Å². The maximum atomic E-state index is 12.8. The van der Waals surface area contributed by atoms with Gasteiger partial charge in [-0.25, -0.2) is 4.39 Å². The largest absolute Gasteiger partial charge is 0.396 e. The summed E-state index contributed by atoms with van der Waals surface area (Å²) in [6.45, 7) is 4.81. The summed E-state index contributed by atoms with van der Waals surface area (Å²) in [6.07, 6.45) is 0.752. The Kier molecular flexibility index (Phi) is 6.86. The summed E-state index contributed by atoms with van der Waals surface area (Å²) in [7, 11) is 2.03. The molecule has 0 aromatic heterocycles. The molecule has 0 saturated carbocycles. The number of hydrogen-bond acceptors (Lipinski definition) is 3. The highest BCUT2D eigenvalue weighted by molar-refractivity contribution is 5.15. The van der Waals surface area contributed by atoms with Gasteiger partial charge in [0, 0.05) is 25.7 Å². The van der Waals surface area contributed by atoms with Crippen LogP contribution in [0.4, 0.5) is 4.39 Å². The van der Waals surface area contributed by atoms with E-state index in [1.54, 1.807) is 12.1 Å². The Morgan fingerprint density at radius 3 is 2.56 bits per heavy atom. The lowest BCUT2D eigenvalue weighted by atomic mass is 10.1. The second-order valence-corrected chi connectivity index (χ2v) is 4.59. The van der Waals surface area contributed by atoms with E-state index in [1.807, 2.05) is 7.05 Å². The zero-order valence-corrected chi connectivity index (χ0v) is 11.2. The third kappa shape index (κ3) is 5.58. The molecular weight excluding hydrogens is 231 g/mol. The van der Waals surface area contributed by atoms with E-state index in [-0.39, 0.29) is 12.4 Å². The minimum atomic E-state index is -0.202. The van der Waals surface area contributed by atoms with Crippen molar-refractivity contribution in [3.8, 4) is 0 Å². The average molecular weight is 254 g/mol. The lowest BCUT2D eigenvalue weighted by molar-refractivity contribution is 0.227. The van der Waals surface area contributed by atoms with Crippen LogP contribution in [0.25, 0.3) is 0 Å². The molecule has 102 valence electrons. The van der Waals surface area contributed by atoms with Gasteiger partial charge in [0.2, 0.25) is 0 Å². The van der Waals surface area contributed by atoms with Crippen molar-refractivity contribution >= 4 is 0 Å². The topological polar surface area (TPSA) is 35.5 Å². The van der Waals surface area contributed by atoms with Gasteiger partial charge in [-0.1, -0.05) is 19.1 Å². The summed E-state index contributed by atoms with van der Waals surface area (Å²) >= 11 is 0. The fourth-order valence-electron chi connectivity index (χ4n) is 2.04. The number of rotatable bonds is 8. The molecule has 18 heavy (non-hydrogen) atoms. The summed E-state index contributed by atoms with van der Waals surface area (Å²) in [5.74, 6) is -0.202. The fourth-order valence-corrected chi connectivity index (χ4v) is 2.04. The molecule has 1 aromatic carbocycles. The summed E-state index contributed by atoms with van der Waals surface area (Å²) in [5, 5.41) is 12.3. The van der Waals surface area contributed by atoms with E-state index in [9.17, 15) is 4.39 Å². The normalized spacial score (nSPS) is 12.9. The summed E-state index contributed by atoms with van der Waals surface area (Å²) in [6, 6.07) is 6.88. The summed E-state index contributed by atoms with van der Waals surface area (Å²) in [5.41, 5.74) is 1.10. The summed E-state index contributed by atoms with van der Waals surface area (Å²) < 4.78 is 12.8. The zero-order valence-electron chi connectivity index (χ0n) is 11.2. The average Bonchev–Trinajstić information content (AvgIpc) is 2.33. The molecular formula is C14H23FN2O. The van der Waals surface area contributed by atoms with Crippen molar-refractivity contribution in [1.82, 2.24) is 10.2 Å². The SMILES string of the molecule is CCNC(CCO)CN(C)Cc1ccc(F)cc1. The predicted molar refractivity (Wildman–Crippen MR) is 71.9 cm³/mol. The molecule has 0 aliphatic carbocycles. The number of aliphatic hydroxyl groups excluding tert-OH is 1. The van der Waals surface area contributed by atoms with Crippen LogP contribution in [0.1, 0.15) is 18.9 Å². The first-order valence-corrected chi connectivity index (χ1v) is 6.43. The molecule has 4 heteroatoms. The van der Waals surface area contributed by atoms with E-state index in [1.165, 1.54) is 12.1 Å². The fraction of sp³-hybridized carbons (Fsp3) is 0.571. The predicted octanol–water partition coefficient (Wildman–Crippen LogP) is 1.62. The molecule has 0 aliphatic heterocycles. The van der Waals surface area contributed by atoms with Gasteiger partial charge in [-0.05, 0) is 37.7 Å². The molecule has 1 unspecified atom stereocenters. The first-order valence-electron chi connectivity index (χ1n) is 6.43. The minimum Gasteiger partial charge on any atom is -0.396 e. The lowest BCUT2D eigenvalue weighted by Gasteiger charge is -2.24. The van der Waals surface area contributed by atoms with Crippen LogP contribution in [-0.2, 0) is 6.54 Å². The number of aliphatic hydroxyl groups is 1. The Balaban J connectivity index is 2.43. The molecule has 0 aliphatic rings.